The first-order chi connectivity index (χ1) is 10.4. The van der Waals surface area contributed by atoms with Gasteiger partial charge in [-0.2, -0.15) is 0 Å². The summed E-state index contributed by atoms with van der Waals surface area (Å²) in [6.45, 7) is 2.27. The summed E-state index contributed by atoms with van der Waals surface area (Å²) < 4.78 is 0. The molecule has 110 valence electrons. The number of fused-ring (bicyclic) bond motifs is 1. The third kappa shape index (κ3) is 3.36. The standard InChI is InChI=1S/C20H25N/c1-2-19(17-12-4-3-5-13-17)21-20-15-9-7-11-16-10-6-8-14-18(16)20/h3-6,8,10,12-14,19-21H,2,7,9,11,15H2,1H3. The first-order valence-electron chi connectivity index (χ1n) is 8.27. The number of rotatable bonds is 4. The zero-order valence-corrected chi connectivity index (χ0v) is 12.9. The normalized spacial score (nSPS) is 19.6. The Morgan fingerprint density at radius 3 is 2.57 bits per heavy atom. The topological polar surface area (TPSA) is 12.0 Å². The van der Waals surface area contributed by atoms with Crippen LogP contribution in [-0.4, -0.2) is 0 Å². The van der Waals surface area contributed by atoms with Gasteiger partial charge in [0.2, 0.25) is 0 Å². The van der Waals surface area contributed by atoms with Gasteiger partial charge in [-0.05, 0) is 42.4 Å². The average molecular weight is 279 g/mol. The van der Waals surface area contributed by atoms with Crippen molar-refractivity contribution in [3.63, 3.8) is 0 Å². The quantitative estimate of drug-likeness (QED) is 0.759. The number of hydrogen-bond donors (Lipinski definition) is 1. The largest absolute Gasteiger partial charge is 0.303 e. The summed E-state index contributed by atoms with van der Waals surface area (Å²) in [6.07, 6.45) is 6.24. The van der Waals surface area contributed by atoms with Gasteiger partial charge in [-0.15, -0.1) is 0 Å². The van der Waals surface area contributed by atoms with Crippen molar-refractivity contribution < 1.29 is 0 Å². The van der Waals surface area contributed by atoms with E-state index in [1.807, 2.05) is 0 Å². The molecule has 0 aromatic heterocycles. The van der Waals surface area contributed by atoms with Crippen molar-refractivity contribution in [3.05, 3.63) is 71.3 Å². The van der Waals surface area contributed by atoms with E-state index in [1.54, 1.807) is 0 Å². The Labute approximate surface area is 128 Å². The molecule has 2 aromatic carbocycles. The summed E-state index contributed by atoms with van der Waals surface area (Å²) in [5.41, 5.74) is 4.46. The maximum absolute atomic E-state index is 3.92. The Balaban J connectivity index is 1.83. The van der Waals surface area contributed by atoms with Crippen LogP contribution in [0.4, 0.5) is 0 Å². The van der Waals surface area contributed by atoms with E-state index in [1.165, 1.54) is 42.4 Å². The summed E-state index contributed by atoms with van der Waals surface area (Å²) in [7, 11) is 0. The first kappa shape index (κ1) is 14.3. The van der Waals surface area contributed by atoms with Crippen molar-refractivity contribution in [2.75, 3.05) is 0 Å². The lowest BCUT2D eigenvalue weighted by molar-refractivity contribution is 0.411. The highest BCUT2D eigenvalue weighted by atomic mass is 15.0. The van der Waals surface area contributed by atoms with E-state index in [0.29, 0.717) is 12.1 Å². The molecule has 1 N–H and O–H groups in total. The van der Waals surface area contributed by atoms with E-state index in [9.17, 15) is 0 Å². The molecule has 0 radical (unpaired) electrons. The molecule has 0 spiro atoms. The Kier molecular flexibility index (Phi) is 4.72. The zero-order valence-electron chi connectivity index (χ0n) is 12.9. The van der Waals surface area contributed by atoms with Crippen LogP contribution in [0, 0.1) is 0 Å². The number of nitrogens with one attached hydrogen (secondary N) is 1. The molecule has 1 nitrogen and oxygen atoms in total. The van der Waals surface area contributed by atoms with E-state index in [0.717, 1.165) is 6.42 Å². The molecule has 0 saturated carbocycles. The Hall–Kier alpha value is -1.60. The van der Waals surface area contributed by atoms with Gasteiger partial charge in [-0.3, -0.25) is 0 Å². The van der Waals surface area contributed by atoms with Crippen molar-refractivity contribution in [2.45, 2.75) is 51.1 Å². The van der Waals surface area contributed by atoms with Crippen LogP contribution >= 0.6 is 0 Å². The lowest BCUT2D eigenvalue weighted by Crippen LogP contribution is -2.26. The molecular weight excluding hydrogens is 254 g/mol. The fourth-order valence-corrected chi connectivity index (χ4v) is 3.47. The smallest absolute Gasteiger partial charge is 0.0328 e. The second kappa shape index (κ2) is 6.91. The Morgan fingerprint density at radius 2 is 1.76 bits per heavy atom. The highest BCUT2D eigenvalue weighted by molar-refractivity contribution is 5.31. The Morgan fingerprint density at radius 1 is 1.00 bits per heavy atom. The second-order valence-electron chi connectivity index (χ2n) is 6.04. The lowest BCUT2D eigenvalue weighted by Gasteiger charge is -2.26. The van der Waals surface area contributed by atoms with Gasteiger partial charge in [0, 0.05) is 12.1 Å². The first-order valence-corrected chi connectivity index (χ1v) is 8.27. The fraction of sp³-hybridized carbons (Fsp3) is 0.400. The van der Waals surface area contributed by atoms with Gasteiger partial charge >= 0.3 is 0 Å². The molecule has 0 saturated heterocycles. The predicted octanol–water partition coefficient (Wildman–Crippen LogP) is 5.20. The van der Waals surface area contributed by atoms with Gasteiger partial charge in [-0.1, -0.05) is 67.9 Å². The van der Waals surface area contributed by atoms with Crippen LogP contribution in [0.3, 0.4) is 0 Å². The summed E-state index contributed by atoms with van der Waals surface area (Å²) in [5, 5.41) is 3.92. The van der Waals surface area contributed by atoms with E-state index < -0.39 is 0 Å². The molecule has 0 amide bonds. The highest BCUT2D eigenvalue weighted by Crippen LogP contribution is 2.31. The maximum Gasteiger partial charge on any atom is 0.0328 e. The SMILES string of the molecule is CCC(NC1CCCCc2ccccc21)c1ccccc1. The molecule has 1 heteroatoms. The highest BCUT2D eigenvalue weighted by Gasteiger charge is 2.21. The summed E-state index contributed by atoms with van der Waals surface area (Å²) in [4.78, 5) is 0. The molecule has 2 unspecified atom stereocenters. The fourth-order valence-electron chi connectivity index (χ4n) is 3.47. The predicted molar refractivity (Wildman–Crippen MR) is 89.3 cm³/mol. The van der Waals surface area contributed by atoms with Crippen molar-refractivity contribution in [1.29, 1.82) is 0 Å². The van der Waals surface area contributed by atoms with Gasteiger partial charge in [0.1, 0.15) is 0 Å². The van der Waals surface area contributed by atoms with Gasteiger partial charge in [0.25, 0.3) is 0 Å². The molecule has 2 atom stereocenters. The molecule has 0 heterocycles. The van der Waals surface area contributed by atoms with E-state index in [4.69, 9.17) is 0 Å². The third-order valence-electron chi connectivity index (χ3n) is 4.63. The Bertz CT molecular complexity index is 561. The summed E-state index contributed by atoms with van der Waals surface area (Å²) in [5.74, 6) is 0. The third-order valence-corrected chi connectivity index (χ3v) is 4.63. The van der Waals surface area contributed by atoms with Crippen LogP contribution in [0.2, 0.25) is 0 Å². The molecule has 0 bridgehead atoms. The van der Waals surface area contributed by atoms with Crippen molar-refractivity contribution in [2.24, 2.45) is 0 Å². The van der Waals surface area contributed by atoms with Gasteiger partial charge in [0.05, 0.1) is 0 Å². The van der Waals surface area contributed by atoms with Crippen LogP contribution in [0.15, 0.2) is 54.6 Å². The van der Waals surface area contributed by atoms with Gasteiger partial charge in [-0.25, -0.2) is 0 Å². The minimum atomic E-state index is 0.447. The van der Waals surface area contributed by atoms with Crippen molar-refractivity contribution >= 4 is 0 Å². The number of aryl methyl sites for hydroxylation is 1. The summed E-state index contributed by atoms with van der Waals surface area (Å²) >= 11 is 0. The van der Waals surface area contributed by atoms with Gasteiger partial charge < -0.3 is 5.32 Å². The second-order valence-corrected chi connectivity index (χ2v) is 6.04. The lowest BCUT2D eigenvalue weighted by atomic mass is 9.96. The number of hydrogen-bond acceptors (Lipinski definition) is 1. The molecule has 3 rings (SSSR count). The van der Waals surface area contributed by atoms with Gasteiger partial charge in [0.15, 0.2) is 0 Å². The van der Waals surface area contributed by atoms with Crippen molar-refractivity contribution in [3.8, 4) is 0 Å². The van der Waals surface area contributed by atoms with Crippen LogP contribution in [0.25, 0.3) is 0 Å². The molecular formula is C20H25N. The molecule has 0 aliphatic heterocycles. The minimum absolute atomic E-state index is 0.447. The summed E-state index contributed by atoms with van der Waals surface area (Å²) in [6, 6.07) is 20.8. The number of benzene rings is 2. The zero-order chi connectivity index (χ0) is 14.5. The van der Waals surface area contributed by atoms with Crippen molar-refractivity contribution in [1.82, 2.24) is 5.32 Å². The van der Waals surface area contributed by atoms with Crippen LogP contribution in [0.5, 0.6) is 0 Å². The molecule has 1 aliphatic carbocycles. The molecule has 2 aromatic rings. The van der Waals surface area contributed by atoms with E-state index in [-0.39, 0.29) is 0 Å². The van der Waals surface area contributed by atoms with Crippen LogP contribution in [0.1, 0.15) is 61.4 Å². The molecule has 0 fully saturated rings. The molecule has 1 aliphatic rings. The monoisotopic (exact) mass is 279 g/mol. The van der Waals surface area contributed by atoms with E-state index in [2.05, 4.69) is 66.8 Å². The van der Waals surface area contributed by atoms with E-state index >= 15 is 0 Å². The maximum atomic E-state index is 3.92. The average Bonchev–Trinajstić information content (AvgIpc) is 2.76. The molecule has 21 heavy (non-hydrogen) atoms. The van der Waals surface area contributed by atoms with Crippen LogP contribution < -0.4 is 5.32 Å². The van der Waals surface area contributed by atoms with Crippen LogP contribution in [-0.2, 0) is 6.42 Å². The minimum Gasteiger partial charge on any atom is -0.303 e.